The van der Waals surface area contributed by atoms with Crippen molar-refractivity contribution in [2.45, 2.75) is 25.3 Å². The average molecular weight is 272 g/mol. The minimum atomic E-state index is -0.973. The summed E-state index contributed by atoms with van der Waals surface area (Å²) in [6.07, 6.45) is 2.88. The molecule has 1 aromatic rings. The molecule has 0 spiro atoms. The fourth-order valence-electron chi connectivity index (χ4n) is 1.56. The van der Waals surface area contributed by atoms with E-state index in [-0.39, 0.29) is 12.4 Å². The quantitative estimate of drug-likeness (QED) is 0.828. The summed E-state index contributed by atoms with van der Waals surface area (Å²) in [6.45, 7) is 0.786. The Morgan fingerprint density at radius 2 is 2.00 bits per heavy atom. The number of hydrogen-bond acceptors (Lipinski definition) is 3. The van der Waals surface area contributed by atoms with E-state index in [2.05, 4.69) is 0 Å². The Balaban J connectivity index is 0.00000162. The molecule has 1 fully saturated rings. The van der Waals surface area contributed by atoms with Gasteiger partial charge in [0, 0.05) is 0 Å². The molecular formula is C13H18ClNO3. The van der Waals surface area contributed by atoms with Crippen molar-refractivity contribution in [3.63, 3.8) is 0 Å². The molecule has 2 rings (SSSR count). The third-order valence-corrected chi connectivity index (χ3v) is 2.88. The molecule has 1 aromatic carbocycles. The number of carboxylic acid groups (broad SMARTS) is 1. The van der Waals surface area contributed by atoms with E-state index in [1.54, 1.807) is 0 Å². The van der Waals surface area contributed by atoms with Crippen molar-refractivity contribution >= 4 is 18.4 Å². The van der Waals surface area contributed by atoms with E-state index >= 15 is 0 Å². The van der Waals surface area contributed by atoms with Crippen molar-refractivity contribution in [3.8, 4) is 5.75 Å². The van der Waals surface area contributed by atoms with Crippen LogP contribution in [0.2, 0.25) is 0 Å². The number of rotatable bonds is 6. The highest BCUT2D eigenvalue weighted by Gasteiger charge is 2.21. The van der Waals surface area contributed by atoms with Crippen molar-refractivity contribution in [2.75, 3.05) is 6.61 Å². The first-order valence-corrected chi connectivity index (χ1v) is 5.85. The summed E-state index contributed by atoms with van der Waals surface area (Å²) >= 11 is 0. The predicted octanol–water partition coefficient (Wildman–Crippen LogP) is 1.85. The number of ether oxygens (including phenoxy) is 1. The predicted molar refractivity (Wildman–Crippen MR) is 71.2 cm³/mol. The highest BCUT2D eigenvalue weighted by atomic mass is 35.5. The van der Waals surface area contributed by atoms with Crippen molar-refractivity contribution < 1.29 is 14.6 Å². The number of carboxylic acids is 1. The normalized spacial score (nSPS) is 15.6. The summed E-state index contributed by atoms with van der Waals surface area (Å²) in [5.74, 6) is 0.596. The van der Waals surface area contributed by atoms with Gasteiger partial charge in [-0.1, -0.05) is 12.1 Å². The maximum absolute atomic E-state index is 10.6. The van der Waals surface area contributed by atoms with Crippen LogP contribution in [0.1, 0.15) is 18.4 Å². The van der Waals surface area contributed by atoms with Gasteiger partial charge in [-0.2, -0.15) is 0 Å². The fraction of sp³-hybridized carbons (Fsp3) is 0.462. The summed E-state index contributed by atoms with van der Waals surface area (Å²) in [4.78, 5) is 10.6. The molecule has 0 radical (unpaired) electrons. The van der Waals surface area contributed by atoms with Crippen molar-refractivity contribution in [1.82, 2.24) is 0 Å². The summed E-state index contributed by atoms with van der Waals surface area (Å²) < 4.78 is 5.59. The third kappa shape index (κ3) is 4.55. The lowest BCUT2D eigenvalue weighted by atomic mass is 10.1. The average Bonchev–Trinajstić information content (AvgIpc) is 3.12. The van der Waals surface area contributed by atoms with Gasteiger partial charge in [-0.15, -0.1) is 12.4 Å². The summed E-state index contributed by atoms with van der Waals surface area (Å²) in [6, 6.07) is 6.63. The van der Waals surface area contributed by atoms with Gasteiger partial charge in [0.15, 0.2) is 0 Å². The molecule has 3 N–H and O–H groups in total. The summed E-state index contributed by atoms with van der Waals surface area (Å²) in [7, 11) is 0. The van der Waals surface area contributed by atoms with Crippen LogP contribution in [0, 0.1) is 5.92 Å². The maximum atomic E-state index is 10.6. The van der Waals surface area contributed by atoms with E-state index in [4.69, 9.17) is 15.6 Å². The standard InChI is InChI=1S/C13H17NO3.ClH/c14-12(13(15)16)7-9-3-5-11(6-4-9)17-8-10-1-2-10;/h3-6,10,12H,1-2,7-8,14H2,(H,15,16);1H/t12-;/m0./s1. The zero-order chi connectivity index (χ0) is 12.3. The second-order valence-corrected chi connectivity index (χ2v) is 4.55. The zero-order valence-corrected chi connectivity index (χ0v) is 10.9. The number of carbonyl (C=O) groups is 1. The first-order valence-electron chi connectivity index (χ1n) is 5.85. The molecule has 0 heterocycles. The van der Waals surface area contributed by atoms with Gasteiger partial charge in [0.1, 0.15) is 11.8 Å². The van der Waals surface area contributed by atoms with Crippen LogP contribution >= 0.6 is 12.4 Å². The van der Waals surface area contributed by atoms with E-state index in [0.29, 0.717) is 6.42 Å². The Bertz CT molecular complexity index is 390. The second kappa shape index (κ2) is 6.61. The van der Waals surface area contributed by atoms with Gasteiger partial charge in [0.2, 0.25) is 0 Å². The molecule has 0 bridgehead atoms. The molecule has 1 aliphatic carbocycles. The summed E-state index contributed by atoms with van der Waals surface area (Å²) in [5, 5.41) is 8.70. The number of nitrogens with two attached hydrogens (primary N) is 1. The van der Waals surface area contributed by atoms with Gasteiger partial charge in [-0.3, -0.25) is 4.79 Å². The Kier molecular flexibility index (Phi) is 5.44. The van der Waals surface area contributed by atoms with Crippen LogP contribution in [0.15, 0.2) is 24.3 Å². The van der Waals surface area contributed by atoms with Crippen molar-refractivity contribution in [3.05, 3.63) is 29.8 Å². The van der Waals surface area contributed by atoms with Crippen molar-refractivity contribution in [2.24, 2.45) is 11.7 Å². The van der Waals surface area contributed by atoms with Gasteiger partial charge in [0.25, 0.3) is 0 Å². The lowest BCUT2D eigenvalue weighted by molar-refractivity contribution is -0.138. The van der Waals surface area contributed by atoms with E-state index < -0.39 is 12.0 Å². The van der Waals surface area contributed by atoms with E-state index in [0.717, 1.165) is 23.8 Å². The van der Waals surface area contributed by atoms with Crippen LogP contribution in [0.3, 0.4) is 0 Å². The van der Waals surface area contributed by atoms with Crippen LogP contribution in [-0.4, -0.2) is 23.7 Å². The lowest BCUT2D eigenvalue weighted by Crippen LogP contribution is -2.32. The maximum Gasteiger partial charge on any atom is 0.320 e. The lowest BCUT2D eigenvalue weighted by Gasteiger charge is -2.08. The monoisotopic (exact) mass is 271 g/mol. The Morgan fingerprint density at radius 3 is 2.50 bits per heavy atom. The number of aliphatic carboxylic acids is 1. The molecule has 100 valence electrons. The number of hydrogen-bond donors (Lipinski definition) is 2. The van der Waals surface area contributed by atoms with Gasteiger partial charge >= 0.3 is 5.97 Å². The minimum Gasteiger partial charge on any atom is -0.493 e. The van der Waals surface area contributed by atoms with Crippen LogP contribution < -0.4 is 10.5 Å². The van der Waals surface area contributed by atoms with Gasteiger partial charge in [0.05, 0.1) is 6.61 Å². The number of benzene rings is 1. The molecule has 0 aliphatic heterocycles. The topological polar surface area (TPSA) is 72.5 Å². The van der Waals surface area contributed by atoms with E-state index in [9.17, 15) is 4.79 Å². The first-order chi connectivity index (χ1) is 8.15. The molecule has 5 heteroatoms. The number of halogens is 1. The molecule has 4 nitrogen and oxygen atoms in total. The summed E-state index contributed by atoms with van der Waals surface area (Å²) in [5.41, 5.74) is 6.38. The molecule has 18 heavy (non-hydrogen) atoms. The molecule has 1 saturated carbocycles. The van der Waals surface area contributed by atoms with Crippen LogP contribution in [0.25, 0.3) is 0 Å². The molecule has 1 atom stereocenters. The van der Waals surface area contributed by atoms with Crippen LogP contribution in [0.5, 0.6) is 5.75 Å². The van der Waals surface area contributed by atoms with E-state index in [1.165, 1.54) is 12.8 Å². The van der Waals surface area contributed by atoms with E-state index in [1.807, 2.05) is 24.3 Å². The van der Waals surface area contributed by atoms with Crippen LogP contribution in [0.4, 0.5) is 0 Å². The SMILES string of the molecule is Cl.N[C@@H](Cc1ccc(OCC2CC2)cc1)C(=O)O. The molecular weight excluding hydrogens is 254 g/mol. The van der Waals surface area contributed by atoms with Crippen molar-refractivity contribution in [1.29, 1.82) is 0 Å². The Morgan fingerprint density at radius 1 is 1.39 bits per heavy atom. The third-order valence-electron chi connectivity index (χ3n) is 2.88. The minimum absolute atomic E-state index is 0. The highest BCUT2D eigenvalue weighted by molar-refractivity contribution is 5.85. The molecule has 0 amide bonds. The van der Waals surface area contributed by atoms with Crippen LogP contribution in [-0.2, 0) is 11.2 Å². The highest BCUT2D eigenvalue weighted by Crippen LogP contribution is 2.29. The Labute approximate surface area is 113 Å². The smallest absolute Gasteiger partial charge is 0.320 e. The fourth-order valence-corrected chi connectivity index (χ4v) is 1.56. The van der Waals surface area contributed by atoms with Gasteiger partial charge in [-0.05, 0) is 42.9 Å². The molecule has 0 aromatic heterocycles. The molecule has 0 unspecified atom stereocenters. The molecule has 1 aliphatic rings. The zero-order valence-electron chi connectivity index (χ0n) is 10.0. The van der Waals surface area contributed by atoms with Gasteiger partial charge in [-0.25, -0.2) is 0 Å². The van der Waals surface area contributed by atoms with Gasteiger partial charge < -0.3 is 15.6 Å². The molecule has 0 saturated heterocycles. The largest absolute Gasteiger partial charge is 0.493 e. The first kappa shape index (κ1) is 14.8. The second-order valence-electron chi connectivity index (χ2n) is 4.55. The Hall–Kier alpha value is -1.26.